The maximum atomic E-state index is 11.3. The third kappa shape index (κ3) is 2.98. The Kier molecular flexibility index (Phi) is 4.34. The third-order valence-electron chi connectivity index (χ3n) is 2.48. The minimum atomic E-state index is -0.842. The van der Waals surface area contributed by atoms with Crippen LogP contribution >= 0.6 is 0 Å². The van der Waals surface area contributed by atoms with Crippen molar-refractivity contribution in [1.82, 2.24) is 5.06 Å². The number of nitrogens with zero attached hydrogens (tertiary/aromatic N) is 1. The van der Waals surface area contributed by atoms with Crippen LogP contribution in [-0.4, -0.2) is 23.2 Å². The van der Waals surface area contributed by atoms with Crippen molar-refractivity contribution in [3.05, 3.63) is 12.3 Å². The summed E-state index contributed by atoms with van der Waals surface area (Å²) in [7, 11) is 0. The maximum Gasteiger partial charge on any atom is 0.534 e. The Morgan fingerprint density at radius 1 is 1.44 bits per heavy atom. The standard InChI is InChI=1S/C11H17NO4/c1-4-9(5-2)15-11(14)16-12-8(3)6-7-10(12)13/h9H,3-7H2,1-2H3. The molecule has 1 aliphatic heterocycles. The van der Waals surface area contributed by atoms with E-state index in [9.17, 15) is 9.59 Å². The van der Waals surface area contributed by atoms with Gasteiger partial charge in [0.1, 0.15) is 6.10 Å². The van der Waals surface area contributed by atoms with Crippen molar-refractivity contribution >= 4 is 12.1 Å². The van der Waals surface area contributed by atoms with Crippen LogP contribution in [0.2, 0.25) is 0 Å². The molecule has 1 amide bonds. The molecule has 1 heterocycles. The number of hydroxylamine groups is 2. The highest BCUT2D eigenvalue weighted by Gasteiger charge is 2.29. The number of hydrogen-bond donors (Lipinski definition) is 0. The van der Waals surface area contributed by atoms with Crippen LogP contribution in [0.3, 0.4) is 0 Å². The molecule has 5 nitrogen and oxygen atoms in total. The van der Waals surface area contributed by atoms with E-state index in [1.54, 1.807) is 0 Å². The molecule has 0 aromatic carbocycles. The first-order chi connectivity index (χ1) is 7.58. The Bertz CT molecular complexity index is 280. The molecule has 0 N–H and O–H groups in total. The van der Waals surface area contributed by atoms with E-state index in [0.717, 1.165) is 17.9 Å². The zero-order valence-corrected chi connectivity index (χ0v) is 9.69. The minimum Gasteiger partial charge on any atom is -0.429 e. The van der Waals surface area contributed by atoms with Crippen LogP contribution in [0.25, 0.3) is 0 Å². The molecule has 5 heteroatoms. The molecule has 1 fully saturated rings. The van der Waals surface area contributed by atoms with Crippen LogP contribution in [0.4, 0.5) is 4.79 Å². The number of carbonyl (C=O) groups is 2. The van der Waals surface area contributed by atoms with E-state index >= 15 is 0 Å². The molecule has 1 aliphatic rings. The van der Waals surface area contributed by atoms with Gasteiger partial charge in [-0.05, 0) is 19.3 Å². The third-order valence-corrected chi connectivity index (χ3v) is 2.48. The second kappa shape index (κ2) is 5.53. The van der Waals surface area contributed by atoms with Crippen LogP contribution in [0.5, 0.6) is 0 Å². The number of hydrogen-bond acceptors (Lipinski definition) is 4. The second-order valence-corrected chi connectivity index (χ2v) is 3.65. The summed E-state index contributed by atoms with van der Waals surface area (Å²) in [5.74, 6) is -0.258. The maximum absolute atomic E-state index is 11.3. The quantitative estimate of drug-likeness (QED) is 0.692. The van der Waals surface area contributed by atoms with Crippen LogP contribution in [0.15, 0.2) is 12.3 Å². The summed E-state index contributed by atoms with van der Waals surface area (Å²) < 4.78 is 5.01. The van der Waals surface area contributed by atoms with Gasteiger partial charge in [-0.1, -0.05) is 20.4 Å². The summed E-state index contributed by atoms with van der Waals surface area (Å²) in [6.45, 7) is 7.47. The topological polar surface area (TPSA) is 55.8 Å². The molecule has 0 saturated carbocycles. The van der Waals surface area contributed by atoms with Gasteiger partial charge in [0.05, 0.1) is 5.70 Å². The lowest BCUT2D eigenvalue weighted by molar-refractivity contribution is -0.159. The number of ether oxygens (including phenoxy) is 1. The lowest BCUT2D eigenvalue weighted by Gasteiger charge is -2.18. The molecule has 0 unspecified atom stereocenters. The molecule has 0 radical (unpaired) electrons. The largest absolute Gasteiger partial charge is 0.534 e. The first-order valence-electron chi connectivity index (χ1n) is 5.47. The molecule has 16 heavy (non-hydrogen) atoms. The van der Waals surface area contributed by atoms with E-state index in [1.165, 1.54) is 0 Å². The molecule has 0 bridgehead atoms. The summed E-state index contributed by atoms with van der Waals surface area (Å²) in [5.41, 5.74) is 0.492. The molecule has 0 aromatic heterocycles. The highest BCUT2D eigenvalue weighted by Crippen LogP contribution is 2.21. The Morgan fingerprint density at radius 2 is 2.06 bits per heavy atom. The zero-order chi connectivity index (χ0) is 12.1. The van der Waals surface area contributed by atoms with E-state index in [2.05, 4.69) is 6.58 Å². The number of amides is 1. The van der Waals surface area contributed by atoms with E-state index in [0.29, 0.717) is 18.5 Å². The lowest BCUT2D eigenvalue weighted by atomic mass is 10.2. The zero-order valence-electron chi connectivity index (χ0n) is 9.69. The Hall–Kier alpha value is -1.52. The van der Waals surface area contributed by atoms with Crippen LogP contribution in [-0.2, 0) is 14.4 Å². The fraction of sp³-hybridized carbons (Fsp3) is 0.636. The second-order valence-electron chi connectivity index (χ2n) is 3.65. The summed E-state index contributed by atoms with van der Waals surface area (Å²) in [6.07, 6.45) is 1.29. The molecular formula is C11H17NO4. The molecule has 90 valence electrons. The van der Waals surface area contributed by atoms with Gasteiger partial charge in [-0.25, -0.2) is 4.79 Å². The minimum absolute atomic E-state index is 0.168. The van der Waals surface area contributed by atoms with Crippen molar-refractivity contribution in [2.75, 3.05) is 0 Å². The molecule has 0 spiro atoms. The average Bonchev–Trinajstić information content (AvgIpc) is 2.57. The van der Waals surface area contributed by atoms with Gasteiger partial charge in [0.15, 0.2) is 0 Å². The van der Waals surface area contributed by atoms with Crippen molar-refractivity contribution < 1.29 is 19.2 Å². The van der Waals surface area contributed by atoms with E-state index in [1.807, 2.05) is 13.8 Å². The Morgan fingerprint density at radius 3 is 2.50 bits per heavy atom. The molecule has 0 atom stereocenters. The number of allylic oxidation sites excluding steroid dienone is 1. The average molecular weight is 227 g/mol. The number of carbonyl (C=O) groups excluding carboxylic acids is 2. The van der Waals surface area contributed by atoms with Crippen LogP contribution < -0.4 is 0 Å². The number of rotatable bonds is 4. The van der Waals surface area contributed by atoms with E-state index < -0.39 is 6.16 Å². The van der Waals surface area contributed by atoms with Gasteiger partial charge in [0.2, 0.25) is 0 Å². The van der Waals surface area contributed by atoms with Crippen molar-refractivity contribution in [3.63, 3.8) is 0 Å². The SMILES string of the molecule is C=C1CCC(=O)N1OC(=O)OC(CC)CC. The molecule has 0 aromatic rings. The summed E-state index contributed by atoms with van der Waals surface area (Å²) in [4.78, 5) is 27.4. The molecule has 0 aliphatic carbocycles. The first kappa shape index (κ1) is 12.5. The predicted molar refractivity (Wildman–Crippen MR) is 57.2 cm³/mol. The highest BCUT2D eigenvalue weighted by molar-refractivity contribution is 5.81. The van der Waals surface area contributed by atoms with Gasteiger partial charge in [-0.3, -0.25) is 9.63 Å². The molecule has 1 rings (SSSR count). The first-order valence-corrected chi connectivity index (χ1v) is 5.47. The monoisotopic (exact) mass is 227 g/mol. The summed E-state index contributed by atoms with van der Waals surface area (Å²) in [5, 5.41) is 0.921. The summed E-state index contributed by atoms with van der Waals surface area (Å²) >= 11 is 0. The summed E-state index contributed by atoms with van der Waals surface area (Å²) in [6, 6.07) is 0. The van der Waals surface area contributed by atoms with Gasteiger partial charge in [0.25, 0.3) is 5.91 Å². The Balaban J connectivity index is 2.45. The van der Waals surface area contributed by atoms with Crippen molar-refractivity contribution in [3.8, 4) is 0 Å². The van der Waals surface area contributed by atoms with Crippen LogP contribution in [0, 0.1) is 0 Å². The fourth-order valence-electron chi connectivity index (χ4n) is 1.43. The van der Waals surface area contributed by atoms with Gasteiger partial charge < -0.3 is 4.74 Å². The van der Waals surface area contributed by atoms with Gasteiger partial charge in [-0.15, -0.1) is 5.06 Å². The van der Waals surface area contributed by atoms with Crippen molar-refractivity contribution in [2.45, 2.75) is 45.6 Å². The van der Waals surface area contributed by atoms with Gasteiger partial charge in [-0.2, -0.15) is 0 Å². The smallest absolute Gasteiger partial charge is 0.429 e. The Labute approximate surface area is 95.0 Å². The van der Waals surface area contributed by atoms with Crippen LogP contribution in [0.1, 0.15) is 39.5 Å². The normalized spacial score (nSPS) is 15.8. The highest BCUT2D eigenvalue weighted by atomic mass is 16.8. The lowest BCUT2D eigenvalue weighted by Crippen LogP contribution is -2.29. The van der Waals surface area contributed by atoms with Crippen molar-refractivity contribution in [2.24, 2.45) is 0 Å². The van der Waals surface area contributed by atoms with E-state index in [-0.39, 0.29) is 12.0 Å². The molecular weight excluding hydrogens is 210 g/mol. The van der Waals surface area contributed by atoms with Crippen molar-refractivity contribution in [1.29, 1.82) is 0 Å². The van der Waals surface area contributed by atoms with E-state index in [4.69, 9.17) is 9.57 Å². The predicted octanol–water partition coefficient (Wildman–Crippen LogP) is 2.38. The fourth-order valence-corrected chi connectivity index (χ4v) is 1.43. The van der Waals surface area contributed by atoms with Gasteiger partial charge >= 0.3 is 6.16 Å². The molecule has 1 saturated heterocycles. The van der Waals surface area contributed by atoms with Gasteiger partial charge in [0, 0.05) is 6.42 Å².